The van der Waals surface area contributed by atoms with E-state index in [9.17, 15) is 0 Å². The highest BCUT2D eigenvalue weighted by atomic mass is 15.5. The first-order chi connectivity index (χ1) is 15.5. The van der Waals surface area contributed by atoms with Crippen molar-refractivity contribution in [1.82, 2.24) is 10.4 Å². The van der Waals surface area contributed by atoms with E-state index in [-0.39, 0.29) is 0 Å². The van der Waals surface area contributed by atoms with Gasteiger partial charge in [0, 0.05) is 18.6 Å². The highest BCUT2D eigenvalue weighted by Gasteiger charge is 2.42. The van der Waals surface area contributed by atoms with E-state index in [4.69, 9.17) is 0 Å². The van der Waals surface area contributed by atoms with Crippen LogP contribution in [0.1, 0.15) is 156 Å². The zero-order valence-corrected chi connectivity index (χ0v) is 22.7. The normalized spacial score (nSPS) is 26.6. The molecule has 2 heteroatoms. The Balaban J connectivity index is 2.09. The molecule has 1 saturated carbocycles. The van der Waals surface area contributed by atoms with E-state index in [1.54, 1.807) is 0 Å². The van der Waals surface area contributed by atoms with E-state index in [2.05, 4.69) is 38.1 Å². The molecule has 2 fully saturated rings. The summed E-state index contributed by atoms with van der Waals surface area (Å²) in [7, 11) is 0. The molecule has 2 atom stereocenters. The van der Waals surface area contributed by atoms with E-state index < -0.39 is 0 Å². The van der Waals surface area contributed by atoms with Crippen LogP contribution in [0.25, 0.3) is 0 Å². The van der Waals surface area contributed by atoms with Crippen LogP contribution in [-0.4, -0.2) is 23.6 Å². The number of hydrogen-bond acceptors (Lipinski definition) is 2. The van der Waals surface area contributed by atoms with Crippen molar-refractivity contribution in [2.45, 2.75) is 162 Å². The molecule has 0 spiro atoms. The molecule has 0 radical (unpaired) electrons. The molecule has 190 valence electrons. The van der Waals surface area contributed by atoms with Crippen molar-refractivity contribution < 1.29 is 0 Å². The van der Waals surface area contributed by atoms with Crippen molar-refractivity contribution in [2.24, 2.45) is 17.8 Å². The van der Waals surface area contributed by atoms with Gasteiger partial charge in [-0.25, -0.2) is 5.01 Å². The van der Waals surface area contributed by atoms with Crippen LogP contribution in [0.5, 0.6) is 0 Å². The topological polar surface area (TPSA) is 15.3 Å². The standard InChI is InChI=1S/C30H60N2/c1-27(2)19-11-9-14-22-29-21-13-5-6-15-23-30(29,24-16-10-12-20-28(3)4)32-26-18-8-7-17-25-31-32/h27-29,31H,5-26H2,1-4H3. The Bertz CT molecular complexity index is 438. The van der Waals surface area contributed by atoms with E-state index in [1.807, 2.05) is 0 Å². The van der Waals surface area contributed by atoms with Crippen molar-refractivity contribution in [1.29, 1.82) is 0 Å². The molecule has 0 amide bonds. The Morgan fingerprint density at radius 3 is 2.12 bits per heavy atom. The molecular formula is C30H60N2. The predicted molar refractivity (Wildman–Crippen MR) is 143 cm³/mol. The SMILES string of the molecule is CC(C)CCCCCC1CCCCCCC1(CCCCCC(C)C)N1CCCCCCN1. The molecule has 2 nitrogen and oxygen atoms in total. The smallest absolute Gasteiger partial charge is 0.0382 e. The zero-order chi connectivity index (χ0) is 23.1. The summed E-state index contributed by atoms with van der Waals surface area (Å²) in [6.45, 7) is 12.0. The average Bonchev–Trinajstić information content (AvgIpc) is 2.70. The number of unbranched alkanes of at least 4 members (excludes halogenated alkanes) is 4. The van der Waals surface area contributed by atoms with Gasteiger partial charge in [0.05, 0.1) is 0 Å². The Labute approximate surface area is 203 Å². The number of nitrogens with one attached hydrogen (secondary N) is 1. The number of nitrogens with zero attached hydrogens (tertiary/aromatic N) is 1. The molecule has 1 aliphatic carbocycles. The van der Waals surface area contributed by atoms with Crippen LogP contribution in [0.15, 0.2) is 0 Å². The lowest BCUT2D eigenvalue weighted by atomic mass is 9.69. The van der Waals surface area contributed by atoms with Gasteiger partial charge in [-0.15, -0.1) is 0 Å². The van der Waals surface area contributed by atoms with E-state index >= 15 is 0 Å². The number of rotatable bonds is 13. The van der Waals surface area contributed by atoms with Crippen LogP contribution in [0.3, 0.4) is 0 Å². The molecule has 1 N–H and O–H groups in total. The highest BCUT2D eigenvalue weighted by molar-refractivity contribution is 4.96. The largest absolute Gasteiger partial charge is 0.255 e. The third-order valence-electron chi connectivity index (χ3n) is 8.55. The van der Waals surface area contributed by atoms with Crippen molar-refractivity contribution in [3.63, 3.8) is 0 Å². The Hall–Kier alpha value is -0.0800. The van der Waals surface area contributed by atoms with E-state index in [0.717, 1.165) is 17.8 Å². The van der Waals surface area contributed by atoms with Crippen molar-refractivity contribution in [3.05, 3.63) is 0 Å². The zero-order valence-electron chi connectivity index (χ0n) is 22.7. The van der Waals surface area contributed by atoms with Crippen LogP contribution in [0.2, 0.25) is 0 Å². The fourth-order valence-electron chi connectivity index (χ4n) is 6.58. The first-order valence-corrected chi connectivity index (χ1v) is 15.1. The summed E-state index contributed by atoms with van der Waals surface area (Å²) in [6, 6.07) is 0. The number of hydrogen-bond donors (Lipinski definition) is 1. The van der Waals surface area contributed by atoms with Gasteiger partial charge in [0.1, 0.15) is 0 Å². The lowest BCUT2D eigenvalue weighted by Gasteiger charge is -2.51. The van der Waals surface area contributed by atoms with Crippen LogP contribution in [0, 0.1) is 17.8 Å². The summed E-state index contributed by atoms with van der Waals surface area (Å²) in [5.41, 5.74) is 4.44. The lowest BCUT2D eigenvalue weighted by Crippen LogP contribution is -2.60. The fourth-order valence-corrected chi connectivity index (χ4v) is 6.58. The second kappa shape index (κ2) is 16.5. The van der Waals surface area contributed by atoms with Gasteiger partial charge in [0.15, 0.2) is 0 Å². The summed E-state index contributed by atoms with van der Waals surface area (Å²) >= 11 is 0. The maximum Gasteiger partial charge on any atom is 0.0382 e. The highest BCUT2D eigenvalue weighted by Crippen LogP contribution is 2.43. The summed E-state index contributed by atoms with van der Waals surface area (Å²) in [4.78, 5) is 0. The fraction of sp³-hybridized carbons (Fsp3) is 1.00. The van der Waals surface area contributed by atoms with Gasteiger partial charge in [-0.1, -0.05) is 118 Å². The lowest BCUT2D eigenvalue weighted by molar-refractivity contribution is -0.0440. The summed E-state index contributed by atoms with van der Waals surface area (Å²) < 4.78 is 0. The molecule has 0 bridgehead atoms. The minimum atomic E-state index is 0.424. The maximum atomic E-state index is 4.02. The first-order valence-electron chi connectivity index (χ1n) is 15.1. The molecule has 1 aliphatic heterocycles. The van der Waals surface area contributed by atoms with E-state index in [0.29, 0.717) is 5.54 Å². The first kappa shape index (κ1) is 28.2. The quantitative estimate of drug-likeness (QED) is 0.282. The van der Waals surface area contributed by atoms with Crippen LogP contribution in [-0.2, 0) is 0 Å². The average molecular weight is 449 g/mol. The molecule has 2 rings (SSSR count). The van der Waals surface area contributed by atoms with Gasteiger partial charge in [-0.05, 0) is 56.3 Å². The molecular weight excluding hydrogens is 388 g/mol. The predicted octanol–water partition coefficient (Wildman–Crippen LogP) is 9.29. The molecule has 1 saturated heterocycles. The van der Waals surface area contributed by atoms with Gasteiger partial charge in [-0.2, -0.15) is 0 Å². The minimum absolute atomic E-state index is 0.424. The van der Waals surface area contributed by atoms with Crippen molar-refractivity contribution >= 4 is 0 Å². The second-order valence-corrected chi connectivity index (χ2v) is 12.3. The molecule has 0 aromatic heterocycles. The molecule has 2 unspecified atom stereocenters. The molecule has 2 aliphatic rings. The Morgan fingerprint density at radius 1 is 0.719 bits per heavy atom. The molecule has 0 aromatic rings. The monoisotopic (exact) mass is 448 g/mol. The third kappa shape index (κ3) is 10.5. The van der Waals surface area contributed by atoms with E-state index in [1.165, 1.54) is 142 Å². The molecule has 32 heavy (non-hydrogen) atoms. The maximum absolute atomic E-state index is 4.02. The summed E-state index contributed by atoms with van der Waals surface area (Å²) in [5, 5.41) is 2.86. The Kier molecular flexibility index (Phi) is 14.5. The van der Waals surface area contributed by atoms with Crippen molar-refractivity contribution in [2.75, 3.05) is 13.1 Å². The second-order valence-electron chi connectivity index (χ2n) is 12.3. The van der Waals surface area contributed by atoms with Crippen molar-refractivity contribution in [3.8, 4) is 0 Å². The molecule has 0 aromatic carbocycles. The Morgan fingerprint density at radius 2 is 1.38 bits per heavy atom. The van der Waals surface area contributed by atoms with Crippen LogP contribution in [0.4, 0.5) is 0 Å². The summed E-state index contributed by atoms with van der Waals surface area (Å²) in [5.74, 6) is 2.63. The van der Waals surface area contributed by atoms with Gasteiger partial charge in [-0.3, -0.25) is 5.43 Å². The number of hydrazine groups is 1. The summed E-state index contributed by atoms with van der Waals surface area (Å²) in [6.07, 6.45) is 28.8. The minimum Gasteiger partial charge on any atom is -0.255 e. The van der Waals surface area contributed by atoms with Gasteiger partial charge >= 0.3 is 0 Å². The third-order valence-corrected chi connectivity index (χ3v) is 8.55. The van der Waals surface area contributed by atoms with Crippen LogP contribution < -0.4 is 5.43 Å². The van der Waals surface area contributed by atoms with Crippen LogP contribution >= 0.6 is 0 Å². The molecule has 1 heterocycles. The van der Waals surface area contributed by atoms with Gasteiger partial charge < -0.3 is 0 Å². The van der Waals surface area contributed by atoms with Gasteiger partial charge in [0.25, 0.3) is 0 Å². The van der Waals surface area contributed by atoms with Gasteiger partial charge in [0.2, 0.25) is 0 Å².